The highest BCUT2D eigenvalue weighted by atomic mass is 32.1. The summed E-state index contributed by atoms with van der Waals surface area (Å²) in [5.41, 5.74) is 2.19. The van der Waals surface area contributed by atoms with Gasteiger partial charge in [-0.2, -0.15) is 5.10 Å². The number of rotatable bonds is 4. The summed E-state index contributed by atoms with van der Waals surface area (Å²) in [6, 6.07) is 14.4. The molecule has 0 saturated carbocycles. The smallest absolute Gasteiger partial charge is 0.277 e. The summed E-state index contributed by atoms with van der Waals surface area (Å²) >= 11 is 1.36. The number of hydrogen-bond donors (Lipinski definition) is 1. The molecule has 0 spiro atoms. The minimum Gasteiger partial charge on any atom is -0.296 e. The van der Waals surface area contributed by atoms with Crippen LogP contribution in [0.4, 0.5) is 9.52 Å². The molecule has 6 nitrogen and oxygen atoms in total. The van der Waals surface area contributed by atoms with Crippen LogP contribution in [0.25, 0.3) is 10.2 Å². The van der Waals surface area contributed by atoms with E-state index in [1.165, 1.54) is 35.6 Å². The molecule has 1 amide bonds. The zero-order valence-electron chi connectivity index (χ0n) is 14.8. The van der Waals surface area contributed by atoms with E-state index in [2.05, 4.69) is 15.4 Å². The molecule has 2 aromatic carbocycles. The normalized spacial score (nSPS) is 10.9. The molecule has 0 bridgehead atoms. The number of benzene rings is 2. The van der Waals surface area contributed by atoms with E-state index >= 15 is 0 Å². The summed E-state index contributed by atoms with van der Waals surface area (Å²) in [6.45, 7) is 2.06. The fourth-order valence-corrected chi connectivity index (χ4v) is 3.70. The van der Waals surface area contributed by atoms with Crippen molar-refractivity contribution in [2.45, 2.75) is 13.5 Å². The number of nitrogens with zero attached hydrogens (tertiary/aromatic N) is 3. The molecule has 0 aliphatic carbocycles. The summed E-state index contributed by atoms with van der Waals surface area (Å²) in [4.78, 5) is 29.0. The summed E-state index contributed by atoms with van der Waals surface area (Å²) < 4.78 is 15.5. The van der Waals surface area contributed by atoms with Gasteiger partial charge >= 0.3 is 0 Å². The van der Waals surface area contributed by atoms with Crippen LogP contribution < -0.4 is 10.9 Å². The molecule has 0 radical (unpaired) electrons. The summed E-state index contributed by atoms with van der Waals surface area (Å²) in [5, 5.41) is 7.28. The van der Waals surface area contributed by atoms with E-state index in [9.17, 15) is 14.0 Å². The first-order valence-electron chi connectivity index (χ1n) is 8.49. The van der Waals surface area contributed by atoms with Gasteiger partial charge in [0.1, 0.15) is 11.5 Å². The number of carbonyl (C=O) groups is 1. The second-order valence-corrected chi connectivity index (χ2v) is 7.32. The number of nitrogens with one attached hydrogen (secondary N) is 1. The van der Waals surface area contributed by atoms with E-state index in [0.29, 0.717) is 10.7 Å². The van der Waals surface area contributed by atoms with Gasteiger partial charge in [0.05, 0.1) is 16.8 Å². The monoisotopic (exact) mass is 394 g/mol. The molecule has 0 atom stereocenters. The molecule has 2 aromatic heterocycles. The Kier molecular flexibility index (Phi) is 4.70. The fraction of sp³-hybridized carbons (Fsp3) is 0.100. The molecular formula is C20H15FN4O2S. The molecule has 0 fully saturated rings. The minimum absolute atomic E-state index is 0.0676. The average molecular weight is 394 g/mol. The second-order valence-electron chi connectivity index (χ2n) is 6.29. The largest absolute Gasteiger partial charge is 0.296 e. The Morgan fingerprint density at radius 2 is 2.04 bits per heavy atom. The van der Waals surface area contributed by atoms with E-state index in [-0.39, 0.29) is 17.8 Å². The number of amides is 1. The number of hydrogen-bond acceptors (Lipinski definition) is 5. The number of halogens is 1. The van der Waals surface area contributed by atoms with Gasteiger partial charge in [0.25, 0.3) is 11.5 Å². The Labute approximate surface area is 163 Å². The van der Waals surface area contributed by atoms with Crippen LogP contribution in [0.1, 0.15) is 21.6 Å². The Morgan fingerprint density at radius 1 is 1.18 bits per heavy atom. The maximum absolute atomic E-state index is 13.4. The predicted molar refractivity (Wildman–Crippen MR) is 106 cm³/mol. The van der Waals surface area contributed by atoms with Gasteiger partial charge in [-0.3, -0.25) is 14.9 Å². The van der Waals surface area contributed by atoms with Crippen LogP contribution in [0.3, 0.4) is 0 Å². The lowest BCUT2D eigenvalue weighted by atomic mass is 10.2. The van der Waals surface area contributed by atoms with Crippen LogP contribution in [-0.4, -0.2) is 20.7 Å². The van der Waals surface area contributed by atoms with Crippen LogP contribution in [0.15, 0.2) is 59.4 Å². The number of aromatic nitrogens is 3. The Hall–Kier alpha value is -3.39. The van der Waals surface area contributed by atoms with Crippen molar-refractivity contribution in [1.29, 1.82) is 0 Å². The molecule has 0 aliphatic rings. The zero-order chi connectivity index (χ0) is 19.7. The lowest BCUT2D eigenvalue weighted by molar-refractivity contribution is 0.102. The fourth-order valence-electron chi connectivity index (χ4n) is 2.74. The number of thiazole rings is 1. The lowest BCUT2D eigenvalue weighted by Gasteiger charge is -2.07. The van der Waals surface area contributed by atoms with Crippen LogP contribution in [0.5, 0.6) is 0 Å². The first kappa shape index (κ1) is 18.0. The van der Waals surface area contributed by atoms with Gasteiger partial charge in [0, 0.05) is 6.07 Å². The van der Waals surface area contributed by atoms with Gasteiger partial charge in [-0.1, -0.05) is 29.5 Å². The van der Waals surface area contributed by atoms with Gasteiger partial charge in [-0.25, -0.2) is 14.1 Å². The number of fused-ring (bicyclic) bond motifs is 1. The highest BCUT2D eigenvalue weighted by Gasteiger charge is 2.13. The summed E-state index contributed by atoms with van der Waals surface area (Å²) in [5.74, 6) is -0.866. The van der Waals surface area contributed by atoms with Crippen molar-refractivity contribution >= 4 is 32.6 Å². The lowest BCUT2D eigenvalue weighted by Crippen LogP contribution is -2.26. The number of aryl methyl sites for hydroxylation is 1. The first-order valence-corrected chi connectivity index (χ1v) is 9.31. The summed E-state index contributed by atoms with van der Waals surface area (Å²) in [7, 11) is 0. The van der Waals surface area contributed by atoms with Crippen molar-refractivity contribution in [2.24, 2.45) is 0 Å². The Balaban J connectivity index is 1.57. The standard InChI is InChI=1S/C20H15FN4O2S/c1-12-5-6-15-17(9-12)28-20(22-15)23-19(27)16-7-8-18(26)25(24-16)11-13-3-2-4-14(21)10-13/h2-10H,11H2,1H3,(H,22,23,27). The third kappa shape index (κ3) is 3.81. The van der Waals surface area contributed by atoms with Crippen LogP contribution >= 0.6 is 11.3 Å². The molecule has 28 heavy (non-hydrogen) atoms. The second kappa shape index (κ2) is 7.32. The highest BCUT2D eigenvalue weighted by Crippen LogP contribution is 2.26. The maximum atomic E-state index is 13.4. The van der Waals surface area contributed by atoms with Gasteiger partial charge in [-0.15, -0.1) is 0 Å². The molecule has 4 rings (SSSR count). The molecule has 0 unspecified atom stereocenters. The van der Waals surface area contributed by atoms with Crippen molar-refractivity contribution in [2.75, 3.05) is 5.32 Å². The maximum Gasteiger partial charge on any atom is 0.277 e. The molecule has 0 aliphatic heterocycles. The number of anilines is 1. The average Bonchev–Trinajstić information content (AvgIpc) is 3.04. The van der Waals surface area contributed by atoms with Crippen molar-refractivity contribution in [3.05, 3.63) is 87.6 Å². The highest BCUT2D eigenvalue weighted by molar-refractivity contribution is 7.22. The van der Waals surface area contributed by atoms with Gasteiger partial charge in [0.15, 0.2) is 5.13 Å². The molecule has 0 saturated heterocycles. The molecule has 2 heterocycles. The molecule has 140 valence electrons. The van der Waals surface area contributed by atoms with Crippen molar-refractivity contribution < 1.29 is 9.18 Å². The van der Waals surface area contributed by atoms with Gasteiger partial charge in [-0.05, 0) is 48.4 Å². The van der Waals surface area contributed by atoms with Crippen molar-refractivity contribution in [1.82, 2.24) is 14.8 Å². The Morgan fingerprint density at radius 3 is 2.86 bits per heavy atom. The summed E-state index contributed by atoms with van der Waals surface area (Å²) in [6.07, 6.45) is 0. The minimum atomic E-state index is -0.469. The Bertz CT molecular complexity index is 1250. The first-order chi connectivity index (χ1) is 13.5. The van der Waals surface area contributed by atoms with Crippen LogP contribution in [0, 0.1) is 12.7 Å². The SMILES string of the molecule is Cc1ccc2nc(NC(=O)c3ccc(=O)n(Cc4cccc(F)c4)n3)sc2c1. The van der Waals surface area contributed by atoms with Crippen LogP contribution in [0.2, 0.25) is 0 Å². The van der Waals surface area contributed by atoms with E-state index in [1.54, 1.807) is 12.1 Å². The quantitative estimate of drug-likeness (QED) is 0.574. The zero-order valence-corrected chi connectivity index (χ0v) is 15.7. The molecule has 8 heteroatoms. The van der Waals surface area contributed by atoms with Crippen molar-refractivity contribution in [3.8, 4) is 0 Å². The molecule has 4 aromatic rings. The van der Waals surface area contributed by atoms with Crippen LogP contribution in [-0.2, 0) is 6.54 Å². The van der Waals surface area contributed by atoms with Gasteiger partial charge in [0.2, 0.25) is 0 Å². The topological polar surface area (TPSA) is 76.9 Å². The van der Waals surface area contributed by atoms with E-state index in [0.717, 1.165) is 20.5 Å². The molecular weight excluding hydrogens is 379 g/mol. The number of carbonyl (C=O) groups excluding carboxylic acids is 1. The molecule has 1 N–H and O–H groups in total. The van der Waals surface area contributed by atoms with Crippen molar-refractivity contribution in [3.63, 3.8) is 0 Å². The third-order valence-corrected chi connectivity index (χ3v) is 5.02. The predicted octanol–water partition coefficient (Wildman–Crippen LogP) is 3.60. The van der Waals surface area contributed by atoms with E-state index in [4.69, 9.17) is 0 Å². The van der Waals surface area contributed by atoms with E-state index in [1.807, 2.05) is 25.1 Å². The van der Waals surface area contributed by atoms with Gasteiger partial charge < -0.3 is 0 Å². The third-order valence-electron chi connectivity index (χ3n) is 4.09. The van der Waals surface area contributed by atoms with E-state index < -0.39 is 11.7 Å².